The standard InChI is InChI=1S/C19H23F3N2O4/c1-12(25)24(19(20,21)22)9-8-13-11-23(17(26)28-18(2,3)4)16-7-6-14(27-5)10-15(13)16/h6-7,10-11H,8-9H2,1-5H3. The zero-order chi connectivity index (χ0) is 21.3. The van der Waals surface area contributed by atoms with Crippen LogP contribution in [0.1, 0.15) is 33.3 Å². The van der Waals surface area contributed by atoms with E-state index in [2.05, 4.69) is 0 Å². The van der Waals surface area contributed by atoms with Crippen molar-refractivity contribution in [3.8, 4) is 5.75 Å². The Bertz CT molecular complexity index is 882. The van der Waals surface area contributed by atoms with E-state index >= 15 is 0 Å². The molecule has 0 fully saturated rings. The molecule has 0 aliphatic carbocycles. The van der Waals surface area contributed by atoms with Crippen molar-refractivity contribution in [3.63, 3.8) is 0 Å². The van der Waals surface area contributed by atoms with Crippen LogP contribution >= 0.6 is 0 Å². The Morgan fingerprint density at radius 1 is 1.18 bits per heavy atom. The van der Waals surface area contributed by atoms with E-state index in [1.807, 2.05) is 0 Å². The highest BCUT2D eigenvalue weighted by Crippen LogP contribution is 2.29. The minimum atomic E-state index is -4.77. The molecule has 0 spiro atoms. The summed E-state index contributed by atoms with van der Waals surface area (Å²) >= 11 is 0. The molecule has 0 aliphatic rings. The molecule has 1 amide bonds. The first-order valence-corrected chi connectivity index (χ1v) is 8.59. The van der Waals surface area contributed by atoms with Crippen molar-refractivity contribution in [3.05, 3.63) is 30.0 Å². The van der Waals surface area contributed by atoms with Gasteiger partial charge in [0.2, 0.25) is 5.91 Å². The van der Waals surface area contributed by atoms with Gasteiger partial charge in [0.15, 0.2) is 0 Å². The lowest BCUT2D eigenvalue weighted by Gasteiger charge is -2.23. The average Bonchev–Trinajstić information content (AvgIpc) is 2.90. The topological polar surface area (TPSA) is 60.8 Å². The Kier molecular flexibility index (Phi) is 5.96. The molecule has 9 heteroatoms. The van der Waals surface area contributed by atoms with Crippen LogP contribution in [0.2, 0.25) is 0 Å². The summed E-state index contributed by atoms with van der Waals surface area (Å²) in [5, 5.41) is 0.552. The van der Waals surface area contributed by atoms with Gasteiger partial charge in [-0.1, -0.05) is 0 Å². The van der Waals surface area contributed by atoms with Crippen LogP contribution < -0.4 is 4.74 Å². The molecule has 1 aromatic carbocycles. The number of nitrogens with zero attached hydrogens (tertiary/aromatic N) is 2. The fourth-order valence-electron chi connectivity index (χ4n) is 2.76. The highest BCUT2D eigenvalue weighted by atomic mass is 19.4. The molecule has 0 aliphatic heterocycles. The second-order valence-electron chi connectivity index (χ2n) is 7.28. The van der Waals surface area contributed by atoms with Crippen molar-refractivity contribution >= 4 is 22.9 Å². The largest absolute Gasteiger partial charge is 0.497 e. The van der Waals surface area contributed by atoms with Crippen LogP contribution in [0.3, 0.4) is 0 Å². The van der Waals surface area contributed by atoms with Crippen LogP contribution in [0.5, 0.6) is 5.75 Å². The maximum Gasteiger partial charge on any atom is 0.487 e. The first-order valence-electron chi connectivity index (χ1n) is 8.59. The van der Waals surface area contributed by atoms with Crippen molar-refractivity contribution in [1.29, 1.82) is 0 Å². The zero-order valence-electron chi connectivity index (χ0n) is 16.4. The minimum absolute atomic E-state index is 0.0987. The van der Waals surface area contributed by atoms with E-state index in [0.717, 1.165) is 6.92 Å². The number of benzene rings is 1. The first-order chi connectivity index (χ1) is 12.8. The summed E-state index contributed by atoms with van der Waals surface area (Å²) < 4.78 is 50.9. The predicted octanol–water partition coefficient (Wildman–Crippen LogP) is 4.34. The minimum Gasteiger partial charge on any atom is -0.497 e. The number of fused-ring (bicyclic) bond motifs is 1. The maximum absolute atomic E-state index is 13.0. The number of halogens is 3. The molecular weight excluding hydrogens is 377 g/mol. The summed E-state index contributed by atoms with van der Waals surface area (Å²) in [5.41, 5.74) is 0.212. The summed E-state index contributed by atoms with van der Waals surface area (Å²) in [6.07, 6.45) is -4.08. The molecule has 0 saturated carbocycles. The van der Waals surface area contributed by atoms with Gasteiger partial charge in [-0.25, -0.2) is 4.79 Å². The molecule has 0 atom stereocenters. The molecule has 6 nitrogen and oxygen atoms in total. The van der Waals surface area contributed by atoms with E-state index in [1.54, 1.807) is 39.0 Å². The van der Waals surface area contributed by atoms with E-state index in [4.69, 9.17) is 9.47 Å². The molecule has 28 heavy (non-hydrogen) atoms. The van der Waals surface area contributed by atoms with Gasteiger partial charge in [0, 0.05) is 25.1 Å². The third-order valence-corrected chi connectivity index (χ3v) is 3.98. The number of methoxy groups -OCH3 is 1. The summed E-state index contributed by atoms with van der Waals surface area (Å²) in [6.45, 7) is 5.45. The third-order valence-electron chi connectivity index (χ3n) is 3.98. The first kappa shape index (κ1) is 21.6. The van der Waals surface area contributed by atoms with Gasteiger partial charge < -0.3 is 9.47 Å². The van der Waals surface area contributed by atoms with E-state index < -0.39 is 30.4 Å². The zero-order valence-corrected chi connectivity index (χ0v) is 16.4. The number of carbonyl (C=O) groups is 2. The van der Waals surface area contributed by atoms with Crippen LogP contribution in [0.25, 0.3) is 10.9 Å². The number of rotatable bonds is 4. The van der Waals surface area contributed by atoms with Gasteiger partial charge >= 0.3 is 12.4 Å². The van der Waals surface area contributed by atoms with Gasteiger partial charge in [-0.05, 0) is 51.0 Å². The molecular formula is C19H23F3N2O4. The molecule has 2 aromatic rings. The van der Waals surface area contributed by atoms with E-state index in [9.17, 15) is 22.8 Å². The molecule has 0 unspecified atom stereocenters. The Hall–Kier alpha value is -2.71. The molecule has 0 N–H and O–H groups in total. The lowest BCUT2D eigenvalue weighted by Crippen LogP contribution is -2.42. The molecule has 1 aromatic heterocycles. The van der Waals surface area contributed by atoms with Gasteiger partial charge in [-0.2, -0.15) is 0 Å². The van der Waals surface area contributed by atoms with Crippen LogP contribution in [-0.2, 0) is 16.0 Å². The lowest BCUT2D eigenvalue weighted by molar-refractivity contribution is -0.239. The normalized spacial score (nSPS) is 12.1. The van der Waals surface area contributed by atoms with Crippen LogP contribution in [0.15, 0.2) is 24.4 Å². The smallest absolute Gasteiger partial charge is 0.487 e. The highest BCUT2D eigenvalue weighted by molar-refractivity contribution is 5.93. The summed E-state index contributed by atoms with van der Waals surface area (Å²) in [6, 6.07) is 4.91. The molecule has 154 valence electrons. The summed E-state index contributed by atoms with van der Waals surface area (Å²) in [7, 11) is 1.47. The fraction of sp³-hybridized carbons (Fsp3) is 0.474. The number of alkyl halides is 3. The quantitative estimate of drug-likeness (QED) is 0.717. The SMILES string of the molecule is COc1ccc2c(c1)c(CCN(C(C)=O)C(F)(F)F)cn2C(=O)OC(C)(C)C. The maximum atomic E-state index is 13.0. The predicted molar refractivity (Wildman–Crippen MR) is 97.3 cm³/mol. The Morgan fingerprint density at radius 3 is 2.32 bits per heavy atom. The van der Waals surface area contributed by atoms with E-state index in [0.29, 0.717) is 22.2 Å². The van der Waals surface area contributed by atoms with Crippen molar-refractivity contribution in [1.82, 2.24) is 9.47 Å². The number of amides is 1. The fourth-order valence-corrected chi connectivity index (χ4v) is 2.76. The van der Waals surface area contributed by atoms with Gasteiger partial charge in [-0.3, -0.25) is 14.3 Å². The number of aromatic nitrogens is 1. The van der Waals surface area contributed by atoms with Crippen molar-refractivity contribution in [2.45, 2.75) is 46.0 Å². The van der Waals surface area contributed by atoms with Crippen molar-refractivity contribution in [2.75, 3.05) is 13.7 Å². The number of hydrogen-bond donors (Lipinski definition) is 0. The second kappa shape index (κ2) is 7.73. The van der Waals surface area contributed by atoms with Gasteiger partial charge in [0.1, 0.15) is 11.4 Å². The Labute approximate surface area is 160 Å². The van der Waals surface area contributed by atoms with Crippen molar-refractivity contribution < 1.29 is 32.2 Å². The van der Waals surface area contributed by atoms with E-state index in [-0.39, 0.29) is 11.3 Å². The highest BCUT2D eigenvalue weighted by Gasteiger charge is 2.39. The number of ether oxygens (including phenoxy) is 2. The number of hydrogen-bond acceptors (Lipinski definition) is 4. The number of carbonyl (C=O) groups excluding carboxylic acids is 2. The molecule has 0 bridgehead atoms. The van der Waals surface area contributed by atoms with Crippen LogP contribution in [-0.4, -0.2) is 47.0 Å². The van der Waals surface area contributed by atoms with Gasteiger partial charge in [0.25, 0.3) is 0 Å². The second-order valence-corrected chi connectivity index (χ2v) is 7.28. The van der Waals surface area contributed by atoms with Crippen molar-refractivity contribution in [2.24, 2.45) is 0 Å². The third kappa shape index (κ3) is 4.96. The van der Waals surface area contributed by atoms with Crippen LogP contribution in [0.4, 0.5) is 18.0 Å². The Morgan fingerprint density at radius 2 is 1.82 bits per heavy atom. The molecule has 1 heterocycles. The molecule has 2 rings (SSSR count). The molecule has 0 saturated heterocycles. The average molecular weight is 400 g/mol. The Balaban J connectivity index is 2.44. The van der Waals surface area contributed by atoms with Gasteiger partial charge in [-0.15, -0.1) is 13.2 Å². The molecule has 0 radical (unpaired) electrons. The lowest BCUT2D eigenvalue weighted by atomic mass is 10.1. The van der Waals surface area contributed by atoms with Crippen LogP contribution in [0, 0.1) is 0 Å². The van der Waals surface area contributed by atoms with Gasteiger partial charge in [0.05, 0.1) is 12.6 Å². The summed E-state index contributed by atoms with van der Waals surface area (Å²) in [4.78, 5) is 23.7. The van der Waals surface area contributed by atoms with E-state index in [1.165, 1.54) is 17.9 Å². The monoisotopic (exact) mass is 400 g/mol. The summed E-state index contributed by atoms with van der Waals surface area (Å²) in [5.74, 6) is -0.601.